The van der Waals surface area contributed by atoms with Crippen LogP contribution in [0.4, 0.5) is 14.4 Å². The van der Waals surface area contributed by atoms with Gasteiger partial charge in [0.2, 0.25) is 5.91 Å². The Hall–Kier alpha value is -3.46. The van der Waals surface area contributed by atoms with Gasteiger partial charge in [-0.2, -0.15) is 0 Å². The molecule has 252 valence electrons. The number of aromatic nitrogens is 2. The molecule has 0 aromatic carbocycles. The summed E-state index contributed by atoms with van der Waals surface area (Å²) in [6, 6.07) is -1.78. The van der Waals surface area contributed by atoms with Gasteiger partial charge < -0.3 is 35.2 Å². The summed E-state index contributed by atoms with van der Waals surface area (Å²) >= 11 is 2.96. The molecule has 15 heteroatoms. The second-order valence-corrected chi connectivity index (χ2v) is 14.3. The van der Waals surface area contributed by atoms with Crippen LogP contribution in [0.1, 0.15) is 89.2 Å². The smallest absolute Gasteiger partial charge is 0.410 e. The van der Waals surface area contributed by atoms with Crippen LogP contribution >= 0.6 is 22.7 Å². The monoisotopic (exact) mass is 667 g/mol. The lowest BCUT2D eigenvalue weighted by Gasteiger charge is -2.28. The van der Waals surface area contributed by atoms with Crippen molar-refractivity contribution in [2.24, 2.45) is 0 Å². The molecule has 45 heavy (non-hydrogen) atoms. The highest BCUT2D eigenvalue weighted by Crippen LogP contribution is 2.20. The van der Waals surface area contributed by atoms with Gasteiger partial charge in [0.25, 0.3) is 0 Å². The summed E-state index contributed by atoms with van der Waals surface area (Å²) in [5.41, 5.74) is 1.78. The summed E-state index contributed by atoms with van der Waals surface area (Å²) in [5, 5.41) is 11.5. The maximum atomic E-state index is 13.4. The molecular weight excluding hydrogens is 619 g/mol. The number of ether oxygens (including phenoxy) is 2. The topological polar surface area (TPSA) is 155 Å². The first kappa shape index (κ1) is 37.7. The van der Waals surface area contributed by atoms with Crippen LogP contribution in [-0.4, -0.2) is 88.3 Å². The van der Waals surface area contributed by atoms with Gasteiger partial charge in [-0.3, -0.25) is 9.78 Å². The van der Waals surface area contributed by atoms with Crippen molar-refractivity contribution in [2.45, 2.75) is 111 Å². The molecule has 0 fully saturated rings. The number of nitrogens with one attached hydrogen (secondary N) is 3. The number of carbonyl (C=O) groups is 4. The SMILES string of the molecule is CC(C)c1nc(CN(C)C(=O)N[C@@H](CCN(C)C(=O)OC(C)(C)C)C(=O)N[C@@H](C)CC[C@H](C)NC(=O)OCc2cncs2)cs1. The molecule has 2 aromatic rings. The zero-order chi connectivity index (χ0) is 33.7. The van der Waals surface area contributed by atoms with Gasteiger partial charge >= 0.3 is 18.2 Å². The van der Waals surface area contributed by atoms with E-state index >= 15 is 0 Å². The molecule has 0 aliphatic rings. The predicted molar refractivity (Wildman–Crippen MR) is 175 cm³/mol. The summed E-state index contributed by atoms with van der Waals surface area (Å²) in [4.78, 5) is 63.4. The van der Waals surface area contributed by atoms with E-state index in [2.05, 4.69) is 39.8 Å². The van der Waals surface area contributed by atoms with Gasteiger partial charge in [0.15, 0.2) is 0 Å². The van der Waals surface area contributed by atoms with E-state index in [-0.39, 0.29) is 44.1 Å². The zero-order valence-electron chi connectivity index (χ0n) is 27.8. The van der Waals surface area contributed by atoms with Gasteiger partial charge in [0.1, 0.15) is 18.2 Å². The maximum Gasteiger partial charge on any atom is 0.410 e. The molecule has 0 spiro atoms. The van der Waals surface area contributed by atoms with Crippen molar-refractivity contribution in [2.75, 3.05) is 20.6 Å². The van der Waals surface area contributed by atoms with E-state index in [0.717, 1.165) is 15.6 Å². The fraction of sp³-hybridized carbons (Fsp3) is 0.667. The Morgan fingerprint density at radius 2 is 1.60 bits per heavy atom. The quantitative estimate of drug-likeness (QED) is 0.237. The summed E-state index contributed by atoms with van der Waals surface area (Å²) in [5.74, 6) is -0.0798. The molecule has 5 amide bonds. The Bertz CT molecular complexity index is 1230. The summed E-state index contributed by atoms with van der Waals surface area (Å²) < 4.78 is 10.6. The molecule has 2 heterocycles. The van der Waals surface area contributed by atoms with Gasteiger partial charge in [-0.25, -0.2) is 19.4 Å². The molecule has 13 nitrogen and oxygen atoms in total. The fourth-order valence-corrected chi connectivity index (χ4v) is 5.27. The van der Waals surface area contributed by atoms with Crippen molar-refractivity contribution in [3.8, 4) is 0 Å². The van der Waals surface area contributed by atoms with E-state index in [1.165, 1.54) is 21.1 Å². The minimum atomic E-state index is -0.911. The average molecular weight is 668 g/mol. The molecule has 3 atom stereocenters. The molecule has 0 radical (unpaired) electrons. The second kappa shape index (κ2) is 17.9. The second-order valence-electron chi connectivity index (χ2n) is 12.5. The Balaban J connectivity index is 1.95. The molecule has 0 saturated carbocycles. The third-order valence-corrected chi connectivity index (χ3v) is 8.44. The van der Waals surface area contributed by atoms with Crippen LogP contribution in [0.25, 0.3) is 0 Å². The number of hydrogen-bond acceptors (Lipinski definition) is 10. The fourth-order valence-electron chi connectivity index (χ4n) is 3.94. The van der Waals surface area contributed by atoms with Gasteiger partial charge in [-0.1, -0.05) is 13.8 Å². The Kier molecular flexibility index (Phi) is 15.0. The van der Waals surface area contributed by atoms with Crippen LogP contribution in [-0.2, 0) is 27.4 Å². The summed E-state index contributed by atoms with van der Waals surface area (Å²) in [6.07, 6.45) is 1.94. The highest BCUT2D eigenvalue weighted by molar-refractivity contribution is 7.09. The molecule has 0 bridgehead atoms. The van der Waals surface area contributed by atoms with E-state index < -0.39 is 29.9 Å². The number of alkyl carbamates (subject to hydrolysis) is 1. The lowest BCUT2D eigenvalue weighted by molar-refractivity contribution is -0.123. The lowest BCUT2D eigenvalue weighted by atomic mass is 10.1. The van der Waals surface area contributed by atoms with Crippen LogP contribution < -0.4 is 16.0 Å². The van der Waals surface area contributed by atoms with Crippen LogP contribution in [0.2, 0.25) is 0 Å². The predicted octanol–water partition coefficient (Wildman–Crippen LogP) is 5.09. The summed E-state index contributed by atoms with van der Waals surface area (Å²) in [7, 11) is 3.23. The highest BCUT2D eigenvalue weighted by Gasteiger charge is 2.27. The van der Waals surface area contributed by atoms with Crippen LogP contribution in [0.5, 0.6) is 0 Å². The number of rotatable bonds is 15. The van der Waals surface area contributed by atoms with Crippen molar-refractivity contribution in [1.29, 1.82) is 0 Å². The van der Waals surface area contributed by atoms with Crippen molar-refractivity contribution >= 4 is 46.8 Å². The van der Waals surface area contributed by atoms with E-state index in [1.807, 2.05) is 19.2 Å². The molecule has 0 unspecified atom stereocenters. The van der Waals surface area contributed by atoms with Gasteiger partial charge in [-0.05, 0) is 53.9 Å². The number of thiazole rings is 2. The average Bonchev–Trinajstić information content (AvgIpc) is 3.64. The van der Waals surface area contributed by atoms with Crippen molar-refractivity contribution in [1.82, 2.24) is 35.7 Å². The Morgan fingerprint density at radius 3 is 2.18 bits per heavy atom. The molecule has 2 rings (SSSR count). The van der Waals surface area contributed by atoms with Crippen LogP contribution in [0, 0.1) is 0 Å². The highest BCUT2D eigenvalue weighted by atomic mass is 32.1. The van der Waals surface area contributed by atoms with E-state index in [9.17, 15) is 19.2 Å². The number of urea groups is 1. The van der Waals surface area contributed by atoms with Crippen molar-refractivity contribution in [3.63, 3.8) is 0 Å². The Labute approximate surface area is 274 Å². The van der Waals surface area contributed by atoms with Gasteiger partial charge in [-0.15, -0.1) is 22.7 Å². The van der Waals surface area contributed by atoms with Gasteiger partial charge in [0.05, 0.1) is 27.6 Å². The zero-order valence-corrected chi connectivity index (χ0v) is 29.5. The van der Waals surface area contributed by atoms with Crippen LogP contribution in [0.15, 0.2) is 17.1 Å². The first-order valence-electron chi connectivity index (χ1n) is 15.0. The summed E-state index contributed by atoms with van der Waals surface area (Å²) in [6.45, 7) is 13.8. The van der Waals surface area contributed by atoms with Gasteiger partial charge in [0, 0.05) is 50.2 Å². The number of hydrogen-bond donors (Lipinski definition) is 3. The molecule has 2 aromatic heterocycles. The third-order valence-electron chi connectivity index (χ3n) is 6.50. The standard InChI is InChI=1S/C30H49N7O6S2/c1-19(2)26-34-22(17-44-26)15-37(9)27(39)35-24(12-13-36(8)29(41)43-30(5,6)7)25(38)32-20(3)10-11-21(4)33-28(40)42-16-23-14-31-18-45-23/h14,17-21,24H,10-13,15-16H2,1-9H3,(H,32,38)(H,33,40)(H,35,39)/t20-,21-,24-/m0/s1. The first-order chi connectivity index (χ1) is 21.0. The molecular formula is C30H49N7O6S2. The van der Waals surface area contributed by atoms with E-state index in [0.29, 0.717) is 18.8 Å². The van der Waals surface area contributed by atoms with E-state index in [4.69, 9.17) is 9.47 Å². The van der Waals surface area contributed by atoms with Crippen LogP contribution in [0.3, 0.4) is 0 Å². The largest absolute Gasteiger partial charge is 0.444 e. The van der Waals surface area contributed by atoms with Crippen molar-refractivity contribution in [3.05, 3.63) is 32.7 Å². The maximum absolute atomic E-state index is 13.4. The Morgan fingerprint density at radius 1 is 0.933 bits per heavy atom. The lowest BCUT2D eigenvalue weighted by Crippen LogP contribution is -2.53. The number of amides is 5. The number of carbonyl (C=O) groups excluding carboxylic acids is 4. The molecule has 3 N–H and O–H groups in total. The molecule has 0 aliphatic carbocycles. The minimum absolute atomic E-state index is 0.157. The third kappa shape index (κ3) is 14.5. The minimum Gasteiger partial charge on any atom is -0.444 e. The normalized spacial score (nSPS) is 13.4. The first-order valence-corrected chi connectivity index (χ1v) is 16.8. The van der Waals surface area contributed by atoms with Crippen molar-refractivity contribution < 1.29 is 28.7 Å². The molecule has 0 saturated heterocycles. The van der Waals surface area contributed by atoms with E-state index in [1.54, 1.807) is 57.9 Å². The number of nitrogens with zero attached hydrogens (tertiary/aromatic N) is 4. The molecule has 0 aliphatic heterocycles.